The number of fused-ring (bicyclic) bond motifs is 1. The summed E-state index contributed by atoms with van der Waals surface area (Å²) in [6.45, 7) is 1.94. The zero-order valence-corrected chi connectivity index (χ0v) is 13.6. The summed E-state index contributed by atoms with van der Waals surface area (Å²) >= 11 is 0. The molecule has 2 aromatic heterocycles. The van der Waals surface area contributed by atoms with Crippen LogP contribution in [0.1, 0.15) is 5.56 Å². The molecule has 0 fully saturated rings. The molecule has 0 aliphatic heterocycles. The number of phenolic OH excluding ortho intramolecular Hbond substituents is 1. The van der Waals surface area contributed by atoms with Gasteiger partial charge in [0.05, 0.1) is 11.2 Å². The van der Waals surface area contributed by atoms with Gasteiger partial charge in [0.15, 0.2) is 5.82 Å². The summed E-state index contributed by atoms with van der Waals surface area (Å²) in [5.41, 5.74) is 3.32. The first kappa shape index (κ1) is 15.1. The molecule has 0 amide bonds. The van der Waals surface area contributed by atoms with Gasteiger partial charge in [-0.15, -0.1) is 0 Å². The Bertz CT molecular complexity index is 1050. The molecule has 0 radical (unpaired) electrons. The third-order valence-corrected chi connectivity index (χ3v) is 3.95. The van der Waals surface area contributed by atoms with Crippen LogP contribution in [0.4, 0.5) is 11.5 Å². The minimum Gasteiger partial charge on any atom is -0.506 e. The van der Waals surface area contributed by atoms with E-state index in [2.05, 4.69) is 20.3 Å². The number of rotatable bonds is 3. The molecule has 5 nitrogen and oxygen atoms in total. The second-order valence-electron chi connectivity index (χ2n) is 5.79. The largest absolute Gasteiger partial charge is 0.506 e. The van der Waals surface area contributed by atoms with Crippen molar-refractivity contribution >= 4 is 22.4 Å². The molecule has 0 unspecified atom stereocenters. The molecular weight excluding hydrogens is 312 g/mol. The van der Waals surface area contributed by atoms with Crippen LogP contribution in [0.5, 0.6) is 5.75 Å². The quantitative estimate of drug-likeness (QED) is 0.544. The Hall–Kier alpha value is -3.47. The standard InChI is InChI=1S/C20H16N4O/c1-13-6-7-17(18(25)12-13)23-20-15-4-2-3-5-16(15)22-19(24-20)14-8-10-21-11-9-14/h2-12,25H,1H3,(H,22,23,24). The molecule has 2 N–H and O–H groups in total. The van der Waals surface area contributed by atoms with Crippen LogP contribution in [-0.2, 0) is 0 Å². The monoisotopic (exact) mass is 328 g/mol. The zero-order valence-electron chi connectivity index (χ0n) is 13.6. The van der Waals surface area contributed by atoms with Crippen LogP contribution in [-0.4, -0.2) is 20.1 Å². The van der Waals surface area contributed by atoms with E-state index in [4.69, 9.17) is 0 Å². The number of pyridine rings is 1. The van der Waals surface area contributed by atoms with Gasteiger partial charge in [-0.25, -0.2) is 9.97 Å². The molecule has 0 saturated carbocycles. The fraction of sp³-hybridized carbons (Fsp3) is 0.0500. The van der Waals surface area contributed by atoms with Gasteiger partial charge in [-0.1, -0.05) is 18.2 Å². The maximum Gasteiger partial charge on any atom is 0.162 e. The van der Waals surface area contributed by atoms with E-state index in [0.717, 1.165) is 22.0 Å². The van der Waals surface area contributed by atoms with Crippen LogP contribution in [0.3, 0.4) is 0 Å². The maximum absolute atomic E-state index is 10.2. The number of aromatic nitrogens is 3. The molecule has 0 aliphatic rings. The van der Waals surface area contributed by atoms with Gasteiger partial charge in [-0.05, 0) is 48.9 Å². The smallest absolute Gasteiger partial charge is 0.162 e. The van der Waals surface area contributed by atoms with Gasteiger partial charge in [-0.2, -0.15) is 0 Å². The van der Waals surface area contributed by atoms with Gasteiger partial charge in [0, 0.05) is 23.3 Å². The van der Waals surface area contributed by atoms with Crippen molar-refractivity contribution in [1.82, 2.24) is 15.0 Å². The molecule has 0 saturated heterocycles. The molecule has 5 heteroatoms. The van der Waals surface area contributed by atoms with Crippen LogP contribution in [0.2, 0.25) is 0 Å². The lowest BCUT2D eigenvalue weighted by Gasteiger charge is -2.12. The minimum absolute atomic E-state index is 0.188. The van der Waals surface area contributed by atoms with Crippen molar-refractivity contribution < 1.29 is 5.11 Å². The fourth-order valence-corrected chi connectivity index (χ4v) is 2.68. The van der Waals surface area contributed by atoms with Crippen LogP contribution in [0.15, 0.2) is 67.0 Å². The zero-order chi connectivity index (χ0) is 17.2. The van der Waals surface area contributed by atoms with Gasteiger partial charge in [0.25, 0.3) is 0 Å². The molecule has 0 spiro atoms. The Morgan fingerprint density at radius 2 is 1.72 bits per heavy atom. The number of aromatic hydroxyl groups is 1. The summed E-state index contributed by atoms with van der Waals surface area (Å²) in [4.78, 5) is 13.4. The third kappa shape index (κ3) is 2.99. The van der Waals surface area contributed by atoms with Crippen LogP contribution < -0.4 is 5.32 Å². The van der Waals surface area contributed by atoms with Crippen molar-refractivity contribution in [2.75, 3.05) is 5.32 Å². The summed E-state index contributed by atoms with van der Waals surface area (Å²) in [7, 11) is 0. The molecule has 2 heterocycles. The van der Waals surface area contributed by atoms with Gasteiger partial charge >= 0.3 is 0 Å². The van der Waals surface area contributed by atoms with Crippen molar-refractivity contribution in [3.05, 3.63) is 72.6 Å². The maximum atomic E-state index is 10.2. The first-order valence-electron chi connectivity index (χ1n) is 7.94. The van der Waals surface area contributed by atoms with E-state index >= 15 is 0 Å². The number of benzene rings is 2. The highest BCUT2D eigenvalue weighted by Gasteiger charge is 2.11. The second-order valence-corrected chi connectivity index (χ2v) is 5.79. The Kier molecular flexibility index (Phi) is 3.74. The van der Waals surface area contributed by atoms with Crippen molar-refractivity contribution in [1.29, 1.82) is 0 Å². The molecule has 2 aromatic carbocycles. The van der Waals surface area contributed by atoms with Crippen molar-refractivity contribution in [3.8, 4) is 17.1 Å². The van der Waals surface area contributed by atoms with Crippen LogP contribution in [0, 0.1) is 6.92 Å². The van der Waals surface area contributed by atoms with Crippen molar-refractivity contribution in [2.24, 2.45) is 0 Å². The van der Waals surface area contributed by atoms with E-state index < -0.39 is 0 Å². The fourth-order valence-electron chi connectivity index (χ4n) is 2.68. The van der Waals surface area contributed by atoms with E-state index in [1.807, 2.05) is 55.5 Å². The number of hydrogen-bond acceptors (Lipinski definition) is 5. The summed E-state index contributed by atoms with van der Waals surface area (Å²) in [6, 6.07) is 17.0. The van der Waals surface area contributed by atoms with Gasteiger partial charge in [0.2, 0.25) is 0 Å². The lowest BCUT2D eigenvalue weighted by atomic mass is 10.2. The van der Waals surface area contributed by atoms with Crippen LogP contribution >= 0.6 is 0 Å². The normalized spacial score (nSPS) is 10.8. The van der Waals surface area contributed by atoms with Crippen molar-refractivity contribution in [3.63, 3.8) is 0 Å². The number of para-hydroxylation sites is 1. The topological polar surface area (TPSA) is 70.9 Å². The van der Waals surface area contributed by atoms with E-state index in [1.165, 1.54) is 0 Å². The molecular formula is C20H16N4O. The average molecular weight is 328 g/mol. The third-order valence-electron chi connectivity index (χ3n) is 3.95. The number of anilines is 2. The lowest BCUT2D eigenvalue weighted by molar-refractivity contribution is 0.477. The molecule has 0 bridgehead atoms. The number of phenols is 1. The predicted octanol–water partition coefficient (Wildman–Crippen LogP) is 4.45. The van der Waals surface area contributed by atoms with Crippen molar-refractivity contribution in [2.45, 2.75) is 6.92 Å². The number of nitrogens with one attached hydrogen (secondary N) is 1. The Labute approximate surface area is 145 Å². The number of aryl methyl sites for hydroxylation is 1. The average Bonchev–Trinajstić information content (AvgIpc) is 2.64. The summed E-state index contributed by atoms with van der Waals surface area (Å²) in [5.74, 6) is 1.44. The molecule has 122 valence electrons. The predicted molar refractivity (Wildman–Crippen MR) is 98.9 cm³/mol. The van der Waals surface area contributed by atoms with Gasteiger partial charge < -0.3 is 10.4 Å². The van der Waals surface area contributed by atoms with E-state index in [1.54, 1.807) is 18.5 Å². The first-order chi connectivity index (χ1) is 12.2. The summed E-state index contributed by atoms with van der Waals surface area (Å²) in [5, 5.41) is 14.3. The number of hydrogen-bond donors (Lipinski definition) is 2. The Morgan fingerprint density at radius 3 is 2.52 bits per heavy atom. The minimum atomic E-state index is 0.188. The first-order valence-corrected chi connectivity index (χ1v) is 7.94. The molecule has 0 atom stereocenters. The molecule has 0 aliphatic carbocycles. The Balaban J connectivity index is 1.86. The molecule has 4 aromatic rings. The Morgan fingerprint density at radius 1 is 0.920 bits per heavy atom. The number of nitrogens with zero attached hydrogens (tertiary/aromatic N) is 3. The van der Waals surface area contributed by atoms with E-state index in [9.17, 15) is 5.11 Å². The lowest BCUT2D eigenvalue weighted by Crippen LogP contribution is -1.99. The van der Waals surface area contributed by atoms with Gasteiger partial charge in [-0.3, -0.25) is 4.98 Å². The van der Waals surface area contributed by atoms with Gasteiger partial charge in [0.1, 0.15) is 11.6 Å². The molecule has 4 rings (SSSR count). The second kappa shape index (κ2) is 6.20. The SMILES string of the molecule is Cc1ccc(Nc2nc(-c3ccncc3)nc3ccccc23)c(O)c1. The van der Waals surface area contributed by atoms with Crippen LogP contribution in [0.25, 0.3) is 22.3 Å². The summed E-state index contributed by atoms with van der Waals surface area (Å²) in [6.07, 6.45) is 3.43. The van der Waals surface area contributed by atoms with E-state index in [-0.39, 0.29) is 5.75 Å². The highest BCUT2D eigenvalue weighted by molar-refractivity contribution is 5.92. The van der Waals surface area contributed by atoms with E-state index in [0.29, 0.717) is 17.3 Å². The summed E-state index contributed by atoms with van der Waals surface area (Å²) < 4.78 is 0. The molecule has 25 heavy (non-hydrogen) atoms. The highest BCUT2D eigenvalue weighted by Crippen LogP contribution is 2.31. The highest BCUT2D eigenvalue weighted by atomic mass is 16.3.